The van der Waals surface area contributed by atoms with Gasteiger partial charge in [-0.05, 0) is 24.3 Å². The number of halogens is 1. The maximum atomic E-state index is 11.4. The van der Waals surface area contributed by atoms with Crippen LogP contribution in [0.25, 0.3) is 16.9 Å². The van der Waals surface area contributed by atoms with Crippen LogP contribution in [0, 0.1) is 0 Å². The molecule has 2 aromatic heterocycles. The smallest absolute Gasteiger partial charge is 0.356 e. The molecule has 0 unspecified atom stereocenters. The molecule has 0 aliphatic heterocycles. The molecule has 0 saturated heterocycles. The van der Waals surface area contributed by atoms with Gasteiger partial charge in [-0.3, -0.25) is 4.40 Å². The fourth-order valence-corrected chi connectivity index (χ4v) is 2.51. The molecule has 0 spiro atoms. The Morgan fingerprint density at radius 3 is 2.41 bits per heavy atom. The van der Waals surface area contributed by atoms with E-state index in [0.717, 1.165) is 0 Å². The van der Waals surface area contributed by atoms with Crippen molar-refractivity contribution in [3.63, 3.8) is 0 Å². The topological polar surface area (TPSA) is 91.9 Å². The number of hydrogen-bond acceptors (Lipinski definition) is 3. The lowest BCUT2D eigenvalue weighted by molar-refractivity contribution is 0.0691. The standard InChI is InChI=1S/C15H9ClN2O4/c16-10-6-2-1-4-8(10)13-17-11(15(21)22)12-9(14(19)20)5-3-7-18(12)13/h1-7H,(H,19,20)(H,21,22). The third kappa shape index (κ3) is 2.10. The van der Waals surface area contributed by atoms with Crippen molar-refractivity contribution in [2.24, 2.45) is 0 Å². The van der Waals surface area contributed by atoms with Gasteiger partial charge in [0.2, 0.25) is 0 Å². The van der Waals surface area contributed by atoms with Crippen LogP contribution in [0.1, 0.15) is 20.8 Å². The van der Waals surface area contributed by atoms with E-state index in [2.05, 4.69) is 4.98 Å². The Morgan fingerprint density at radius 2 is 1.77 bits per heavy atom. The molecule has 7 heteroatoms. The van der Waals surface area contributed by atoms with Gasteiger partial charge in [-0.25, -0.2) is 14.6 Å². The van der Waals surface area contributed by atoms with Gasteiger partial charge in [-0.15, -0.1) is 0 Å². The number of aromatic carboxylic acids is 2. The molecule has 0 amide bonds. The quantitative estimate of drug-likeness (QED) is 0.774. The fraction of sp³-hybridized carbons (Fsp3) is 0. The lowest BCUT2D eigenvalue weighted by Gasteiger charge is -2.04. The van der Waals surface area contributed by atoms with E-state index in [1.807, 2.05) is 0 Å². The van der Waals surface area contributed by atoms with Crippen molar-refractivity contribution < 1.29 is 19.8 Å². The summed E-state index contributed by atoms with van der Waals surface area (Å²) >= 11 is 6.13. The molecule has 0 aliphatic carbocycles. The summed E-state index contributed by atoms with van der Waals surface area (Å²) in [6, 6.07) is 9.67. The molecule has 3 rings (SSSR count). The van der Waals surface area contributed by atoms with Crippen LogP contribution in [0.4, 0.5) is 0 Å². The van der Waals surface area contributed by atoms with Crippen molar-refractivity contribution >= 4 is 29.1 Å². The summed E-state index contributed by atoms with van der Waals surface area (Å²) in [6.07, 6.45) is 1.56. The van der Waals surface area contributed by atoms with Crippen LogP contribution >= 0.6 is 11.6 Å². The van der Waals surface area contributed by atoms with Crippen molar-refractivity contribution in [3.05, 3.63) is 58.9 Å². The number of hydrogen-bond donors (Lipinski definition) is 2. The first-order valence-corrected chi connectivity index (χ1v) is 6.61. The zero-order valence-corrected chi connectivity index (χ0v) is 11.8. The van der Waals surface area contributed by atoms with Gasteiger partial charge in [-0.1, -0.05) is 23.7 Å². The number of rotatable bonds is 3. The highest BCUT2D eigenvalue weighted by Crippen LogP contribution is 2.30. The fourth-order valence-electron chi connectivity index (χ4n) is 2.29. The molecule has 2 N–H and O–H groups in total. The molecule has 3 aromatic rings. The van der Waals surface area contributed by atoms with Crippen LogP contribution in [-0.4, -0.2) is 31.5 Å². The zero-order valence-electron chi connectivity index (χ0n) is 11.0. The summed E-state index contributed by atoms with van der Waals surface area (Å²) in [7, 11) is 0. The lowest BCUT2D eigenvalue weighted by Crippen LogP contribution is -2.04. The lowest BCUT2D eigenvalue weighted by atomic mass is 10.2. The normalized spacial score (nSPS) is 10.8. The van der Waals surface area contributed by atoms with Crippen LogP contribution in [0.5, 0.6) is 0 Å². The summed E-state index contributed by atoms with van der Waals surface area (Å²) < 4.78 is 1.42. The maximum Gasteiger partial charge on any atom is 0.356 e. The van der Waals surface area contributed by atoms with E-state index in [4.69, 9.17) is 11.6 Å². The first kappa shape index (κ1) is 14.1. The Balaban J connectivity index is 2.44. The number of benzene rings is 1. The van der Waals surface area contributed by atoms with Gasteiger partial charge >= 0.3 is 11.9 Å². The number of carboxylic acid groups (broad SMARTS) is 2. The average Bonchev–Trinajstić information content (AvgIpc) is 2.87. The Labute approximate surface area is 129 Å². The summed E-state index contributed by atoms with van der Waals surface area (Å²) in [4.78, 5) is 26.8. The van der Waals surface area contributed by atoms with Gasteiger partial charge in [0.15, 0.2) is 5.69 Å². The Hall–Kier alpha value is -2.86. The molecule has 0 fully saturated rings. The SMILES string of the molecule is O=C(O)c1cccn2c(-c3ccccc3Cl)nc(C(=O)O)c12. The molecule has 0 saturated carbocycles. The van der Waals surface area contributed by atoms with Crippen LogP contribution in [-0.2, 0) is 0 Å². The van der Waals surface area contributed by atoms with E-state index in [1.165, 1.54) is 16.5 Å². The van der Waals surface area contributed by atoms with Gasteiger partial charge in [0.1, 0.15) is 5.82 Å². The predicted octanol–water partition coefficient (Wildman–Crippen LogP) is 3.05. The van der Waals surface area contributed by atoms with E-state index in [1.54, 1.807) is 30.5 Å². The third-order valence-corrected chi connectivity index (χ3v) is 3.54. The molecule has 1 aromatic carbocycles. The van der Waals surface area contributed by atoms with Crippen molar-refractivity contribution in [2.75, 3.05) is 0 Å². The van der Waals surface area contributed by atoms with Gasteiger partial charge in [-0.2, -0.15) is 0 Å². The highest BCUT2D eigenvalue weighted by atomic mass is 35.5. The summed E-state index contributed by atoms with van der Waals surface area (Å²) in [5, 5.41) is 19.0. The van der Waals surface area contributed by atoms with Gasteiger partial charge in [0.05, 0.1) is 16.1 Å². The van der Waals surface area contributed by atoms with Crippen molar-refractivity contribution in [3.8, 4) is 11.4 Å². The average molecular weight is 317 g/mol. The predicted molar refractivity (Wildman–Crippen MR) is 79.6 cm³/mol. The summed E-state index contributed by atoms with van der Waals surface area (Å²) in [6.45, 7) is 0. The molecule has 0 atom stereocenters. The molecular formula is C15H9ClN2O4. The van der Waals surface area contributed by atoms with Gasteiger partial charge in [0.25, 0.3) is 0 Å². The van der Waals surface area contributed by atoms with E-state index in [0.29, 0.717) is 10.6 Å². The largest absolute Gasteiger partial charge is 0.478 e. The second-order valence-corrected chi connectivity index (χ2v) is 4.92. The van der Waals surface area contributed by atoms with Crippen molar-refractivity contribution in [1.29, 1.82) is 0 Å². The molecule has 0 radical (unpaired) electrons. The minimum absolute atomic E-state index is 0.0254. The van der Waals surface area contributed by atoms with Gasteiger partial charge < -0.3 is 10.2 Å². The van der Waals surface area contributed by atoms with Crippen LogP contribution in [0.2, 0.25) is 5.02 Å². The molecule has 0 bridgehead atoms. The minimum Gasteiger partial charge on any atom is -0.478 e. The number of imidazole rings is 1. The highest BCUT2D eigenvalue weighted by molar-refractivity contribution is 6.33. The van der Waals surface area contributed by atoms with Crippen molar-refractivity contribution in [1.82, 2.24) is 9.38 Å². The Kier molecular flexibility index (Phi) is 3.30. The van der Waals surface area contributed by atoms with E-state index in [9.17, 15) is 19.8 Å². The van der Waals surface area contributed by atoms with E-state index in [-0.39, 0.29) is 22.6 Å². The van der Waals surface area contributed by atoms with Crippen molar-refractivity contribution in [2.45, 2.75) is 0 Å². The Morgan fingerprint density at radius 1 is 1.05 bits per heavy atom. The van der Waals surface area contributed by atoms with Crippen LogP contribution in [0.3, 0.4) is 0 Å². The second-order valence-electron chi connectivity index (χ2n) is 4.51. The highest BCUT2D eigenvalue weighted by Gasteiger charge is 2.23. The second kappa shape index (κ2) is 5.16. The number of fused-ring (bicyclic) bond motifs is 1. The summed E-state index contributed by atoms with van der Waals surface area (Å²) in [5.41, 5.74) is 0.0882. The molecule has 2 heterocycles. The minimum atomic E-state index is -1.30. The van der Waals surface area contributed by atoms with E-state index >= 15 is 0 Å². The molecule has 22 heavy (non-hydrogen) atoms. The van der Waals surface area contributed by atoms with Crippen LogP contribution in [0.15, 0.2) is 42.6 Å². The number of carboxylic acids is 2. The number of nitrogens with zero attached hydrogens (tertiary/aromatic N) is 2. The van der Waals surface area contributed by atoms with Gasteiger partial charge in [0, 0.05) is 11.8 Å². The zero-order chi connectivity index (χ0) is 15.9. The Bertz CT molecular complexity index is 917. The summed E-state index contributed by atoms with van der Waals surface area (Å²) in [5.74, 6) is -2.25. The number of pyridine rings is 1. The first-order valence-electron chi connectivity index (χ1n) is 6.23. The van der Waals surface area contributed by atoms with E-state index < -0.39 is 11.9 Å². The number of carbonyl (C=O) groups is 2. The monoisotopic (exact) mass is 316 g/mol. The molecular weight excluding hydrogens is 308 g/mol. The molecule has 0 aliphatic rings. The molecule has 110 valence electrons. The molecule has 6 nitrogen and oxygen atoms in total. The third-order valence-electron chi connectivity index (χ3n) is 3.21. The number of aromatic nitrogens is 2. The first-order chi connectivity index (χ1) is 10.5. The maximum absolute atomic E-state index is 11.4. The van der Waals surface area contributed by atoms with Crippen LogP contribution < -0.4 is 0 Å².